The van der Waals surface area contributed by atoms with Gasteiger partial charge in [0.25, 0.3) is 5.91 Å². The fraction of sp³-hybridized carbons (Fsp3) is 0.105. The van der Waals surface area contributed by atoms with Crippen molar-refractivity contribution in [3.8, 4) is 11.5 Å². The number of ether oxygens (including phenoxy) is 2. The van der Waals surface area contributed by atoms with Crippen LogP contribution in [0.25, 0.3) is 10.8 Å². The maximum Gasteiger partial charge on any atom is 0.255 e. The molecule has 0 fully saturated rings. The van der Waals surface area contributed by atoms with Crippen LogP contribution in [-0.4, -0.2) is 19.1 Å². The highest BCUT2D eigenvalue weighted by atomic mass is 16.6. The highest BCUT2D eigenvalue weighted by Crippen LogP contribution is 2.32. The molecule has 0 aromatic heterocycles. The molecule has 0 spiro atoms. The number of hydrogen-bond acceptors (Lipinski definition) is 3. The highest BCUT2D eigenvalue weighted by molar-refractivity contribution is 6.06. The Hall–Kier alpha value is -3.01. The number of rotatable bonds is 2. The maximum absolute atomic E-state index is 12.4. The molecule has 1 amide bonds. The molecule has 3 aromatic carbocycles. The van der Waals surface area contributed by atoms with Gasteiger partial charge in [0.15, 0.2) is 11.5 Å². The number of carbonyl (C=O) groups excluding carboxylic acids is 1. The van der Waals surface area contributed by atoms with Gasteiger partial charge in [0, 0.05) is 17.3 Å². The third-order valence-corrected chi connectivity index (χ3v) is 3.81. The van der Waals surface area contributed by atoms with Crippen LogP contribution in [-0.2, 0) is 0 Å². The second kappa shape index (κ2) is 5.65. The molecule has 1 heterocycles. The van der Waals surface area contributed by atoms with Gasteiger partial charge in [-0.25, -0.2) is 0 Å². The molecule has 0 aliphatic carbocycles. The van der Waals surface area contributed by atoms with Crippen molar-refractivity contribution in [3.63, 3.8) is 0 Å². The Morgan fingerprint density at radius 3 is 2.48 bits per heavy atom. The van der Waals surface area contributed by atoms with Gasteiger partial charge in [-0.05, 0) is 35.0 Å². The van der Waals surface area contributed by atoms with E-state index in [1.54, 1.807) is 6.07 Å². The first kappa shape index (κ1) is 13.6. The third-order valence-electron chi connectivity index (χ3n) is 3.81. The minimum absolute atomic E-state index is 0.146. The maximum atomic E-state index is 12.4. The van der Waals surface area contributed by atoms with Gasteiger partial charge >= 0.3 is 0 Å². The van der Waals surface area contributed by atoms with Crippen molar-refractivity contribution in [1.82, 2.24) is 0 Å². The lowest BCUT2D eigenvalue weighted by atomic mass is 10.1. The molecular weight excluding hydrogens is 290 g/mol. The molecule has 4 rings (SSSR count). The van der Waals surface area contributed by atoms with E-state index in [4.69, 9.17) is 9.47 Å². The van der Waals surface area contributed by atoms with Crippen molar-refractivity contribution in [2.75, 3.05) is 18.5 Å². The number of nitrogens with one attached hydrogen (secondary N) is 1. The van der Waals surface area contributed by atoms with E-state index in [-0.39, 0.29) is 5.91 Å². The third kappa shape index (κ3) is 2.71. The summed E-state index contributed by atoms with van der Waals surface area (Å²) >= 11 is 0. The van der Waals surface area contributed by atoms with E-state index in [1.165, 1.54) is 0 Å². The quantitative estimate of drug-likeness (QED) is 0.782. The number of hydrogen-bond donors (Lipinski definition) is 1. The molecule has 1 aliphatic heterocycles. The standard InChI is InChI=1S/C19H15NO3/c21-19(15-6-5-13-3-1-2-4-14(13)11-15)20-16-7-8-17-18(12-16)23-10-9-22-17/h1-8,11-12H,9-10H2,(H,20,21). The van der Waals surface area contributed by atoms with Crippen LogP contribution in [0, 0.1) is 0 Å². The fourth-order valence-electron chi connectivity index (χ4n) is 2.65. The Labute approximate surface area is 133 Å². The summed E-state index contributed by atoms with van der Waals surface area (Å²) in [5.41, 5.74) is 1.31. The molecule has 4 heteroatoms. The summed E-state index contributed by atoms with van der Waals surface area (Å²) in [6.45, 7) is 1.07. The Morgan fingerprint density at radius 1 is 0.826 bits per heavy atom. The normalized spacial score (nSPS) is 12.9. The zero-order valence-corrected chi connectivity index (χ0v) is 12.4. The van der Waals surface area contributed by atoms with E-state index >= 15 is 0 Å². The Balaban J connectivity index is 1.59. The average molecular weight is 305 g/mol. The Kier molecular flexibility index (Phi) is 3.35. The summed E-state index contributed by atoms with van der Waals surface area (Å²) in [5, 5.41) is 5.06. The average Bonchev–Trinajstić information content (AvgIpc) is 2.61. The summed E-state index contributed by atoms with van der Waals surface area (Å²) in [7, 11) is 0. The molecule has 23 heavy (non-hydrogen) atoms. The van der Waals surface area contributed by atoms with Crippen LogP contribution in [0.5, 0.6) is 11.5 Å². The van der Waals surface area contributed by atoms with Crippen molar-refractivity contribution in [2.45, 2.75) is 0 Å². The molecule has 0 bridgehead atoms. The van der Waals surface area contributed by atoms with Gasteiger partial charge in [-0.1, -0.05) is 30.3 Å². The predicted octanol–water partition coefficient (Wildman–Crippen LogP) is 3.86. The summed E-state index contributed by atoms with van der Waals surface area (Å²) in [6.07, 6.45) is 0. The molecule has 0 radical (unpaired) electrons. The molecule has 1 aliphatic rings. The van der Waals surface area contributed by atoms with Crippen molar-refractivity contribution in [3.05, 3.63) is 66.2 Å². The minimum atomic E-state index is -0.146. The van der Waals surface area contributed by atoms with Crippen LogP contribution in [0.2, 0.25) is 0 Å². The molecule has 3 aromatic rings. The number of anilines is 1. The largest absolute Gasteiger partial charge is 0.486 e. The van der Waals surface area contributed by atoms with Crippen LogP contribution in [0.3, 0.4) is 0 Å². The number of fused-ring (bicyclic) bond motifs is 2. The first-order valence-electron chi connectivity index (χ1n) is 7.49. The van der Waals surface area contributed by atoms with Gasteiger partial charge in [0.05, 0.1) is 0 Å². The lowest BCUT2D eigenvalue weighted by Gasteiger charge is -2.19. The van der Waals surface area contributed by atoms with Crippen molar-refractivity contribution in [2.24, 2.45) is 0 Å². The molecule has 0 saturated heterocycles. The Bertz CT molecular complexity index is 889. The SMILES string of the molecule is O=C(Nc1ccc2c(c1)OCCO2)c1ccc2ccccc2c1. The first-order chi connectivity index (χ1) is 11.3. The second-order valence-electron chi connectivity index (χ2n) is 5.37. The van der Waals surface area contributed by atoms with E-state index in [0.29, 0.717) is 36.0 Å². The first-order valence-corrected chi connectivity index (χ1v) is 7.49. The van der Waals surface area contributed by atoms with E-state index in [1.807, 2.05) is 54.6 Å². The monoisotopic (exact) mass is 305 g/mol. The van der Waals surface area contributed by atoms with Gasteiger partial charge in [0.2, 0.25) is 0 Å². The van der Waals surface area contributed by atoms with Gasteiger partial charge in [-0.3, -0.25) is 4.79 Å². The van der Waals surface area contributed by atoms with E-state index < -0.39 is 0 Å². The van der Waals surface area contributed by atoms with Crippen LogP contribution in [0.4, 0.5) is 5.69 Å². The van der Waals surface area contributed by atoms with Gasteiger partial charge in [-0.2, -0.15) is 0 Å². The lowest BCUT2D eigenvalue weighted by Crippen LogP contribution is -2.16. The minimum Gasteiger partial charge on any atom is -0.486 e. The smallest absolute Gasteiger partial charge is 0.255 e. The lowest BCUT2D eigenvalue weighted by molar-refractivity contribution is 0.102. The van der Waals surface area contributed by atoms with Crippen LogP contribution < -0.4 is 14.8 Å². The van der Waals surface area contributed by atoms with Crippen LogP contribution in [0.15, 0.2) is 60.7 Å². The van der Waals surface area contributed by atoms with E-state index in [0.717, 1.165) is 10.8 Å². The summed E-state index contributed by atoms with van der Waals surface area (Å²) in [6, 6.07) is 19.0. The molecule has 1 N–H and O–H groups in total. The number of carbonyl (C=O) groups is 1. The van der Waals surface area contributed by atoms with Gasteiger partial charge < -0.3 is 14.8 Å². The Morgan fingerprint density at radius 2 is 1.61 bits per heavy atom. The van der Waals surface area contributed by atoms with E-state index in [2.05, 4.69) is 5.32 Å². The molecular formula is C19H15NO3. The van der Waals surface area contributed by atoms with Crippen LogP contribution in [0.1, 0.15) is 10.4 Å². The number of benzene rings is 3. The van der Waals surface area contributed by atoms with Crippen LogP contribution >= 0.6 is 0 Å². The summed E-state index contributed by atoms with van der Waals surface area (Å²) < 4.78 is 11.0. The summed E-state index contributed by atoms with van der Waals surface area (Å²) in [4.78, 5) is 12.4. The zero-order valence-electron chi connectivity index (χ0n) is 12.4. The predicted molar refractivity (Wildman–Crippen MR) is 89.3 cm³/mol. The molecule has 0 unspecified atom stereocenters. The zero-order chi connectivity index (χ0) is 15.6. The van der Waals surface area contributed by atoms with Gasteiger partial charge in [-0.15, -0.1) is 0 Å². The van der Waals surface area contributed by atoms with Gasteiger partial charge in [0.1, 0.15) is 13.2 Å². The fourth-order valence-corrected chi connectivity index (χ4v) is 2.65. The van der Waals surface area contributed by atoms with Crippen molar-refractivity contribution < 1.29 is 14.3 Å². The second-order valence-corrected chi connectivity index (χ2v) is 5.37. The van der Waals surface area contributed by atoms with E-state index in [9.17, 15) is 4.79 Å². The molecule has 4 nitrogen and oxygen atoms in total. The topological polar surface area (TPSA) is 47.6 Å². The number of amides is 1. The summed E-state index contributed by atoms with van der Waals surface area (Å²) in [5.74, 6) is 1.22. The molecule has 0 atom stereocenters. The van der Waals surface area contributed by atoms with Crippen molar-refractivity contribution in [1.29, 1.82) is 0 Å². The van der Waals surface area contributed by atoms with Crippen molar-refractivity contribution >= 4 is 22.4 Å². The highest BCUT2D eigenvalue weighted by Gasteiger charge is 2.13. The molecule has 114 valence electrons. The molecule has 0 saturated carbocycles.